The van der Waals surface area contributed by atoms with Gasteiger partial charge in [-0.25, -0.2) is 4.68 Å². The molecule has 3 rings (SSSR count). The molecule has 2 N–H and O–H groups in total. The number of anilines is 1. The van der Waals surface area contributed by atoms with Crippen molar-refractivity contribution in [3.8, 4) is 5.69 Å². The maximum atomic E-state index is 12.3. The third-order valence-electron chi connectivity index (χ3n) is 3.15. The van der Waals surface area contributed by atoms with Crippen molar-refractivity contribution in [3.05, 3.63) is 51.8 Å². The third-order valence-corrected chi connectivity index (χ3v) is 5.17. The summed E-state index contributed by atoms with van der Waals surface area (Å²) < 4.78 is 2.12. The lowest BCUT2D eigenvalue weighted by atomic mass is 10.3. The van der Waals surface area contributed by atoms with Crippen LogP contribution in [-0.2, 0) is 4.79 Å². The van der Waals surface area contributed by atoms with Gasteiger partial charge in [0.25, 0.3) is 5.56 Å². The highest BCUT2D eigenvalue weighted by atomic mass is 32.2. The molecule has 1 atom stereocenters. The Morgan fingerprint density at radius 2 is 2.08 bits per heavy atom. The number of aryl methyl sites for hydroxylation is 1. The Bertz CT molecular complexity index is 900. The van der Waals surface area contributed by atoms with E-state index in [1.54, 1.807) is 19.1 Å². The smallest absolute Gasteiger partial charge is 0.273 e. The van der Waals surface area contributed by atoms with Crippen molar-refractivity contribution in [2.75, 3.05) is 5.32 Å². The Labute approximate surface area is 146 Å². The Hall–Kier alpha value is -2.39. The minimum absolute atomic E-state index is 0.214. The van der Waals surface area contributed by atoms with Crippen LogP contribution in [0.25, 0.3) is 5.69 Å². The number of carbonyl (C=O) groups excluding carboxylic acids is 1. The number of amides is 1. The van der Waals surface area contributed by atoms with Crippen LogP contribution in [0.4, 0.5) is 5.82 Å². The highest BCUT2D eigenvalue weighted by Gasteiger charge is 2.18. The minimum Gasteiger partial charge on any atom is -0.310 e. The van der Waals surface area contributed by atoms with Crippen LogP contribution in [-0.4, -0.2) is 31.1 Å². The fraction of sp³-hybridized carbons (Fsp3) is 0.200. The molecule has 0 aliphatic rings. The molecule has 7 nitrogen and oxygen atoms in total. The lowest BCUT2D eigenvalue weighted by Crippen LogP contribution is -2.22. The summed E-state index contributed by atoms with van der Waals surface area (Å²) >= 11 is 2.78. The number of hydrogen-bond donors (Lipinski definition) is 2. The summed E-state index contributed by atoms with van der Waals surface area (Å²) in [5, 5.41) is 14.0. The van der Waals surface area contributed by atoms with Gasteiger partial charge in [-0.15, -0.1) is 10.2 Å². The van der Waals surface area contributed by atoms with E-state index in [9.17, 15) is 9.59 Å². The molecule has 0 bridgehead atoms. The predicted molar refractivity (Wildman–Crippen MR) is 95.0 cm³/mol. The summed E-state index contributed by atoms with van der Waals surface area (Å²) in [5.74, 6) is 0.143. The van der Waals surface area contributed by atoms with E-state index in [0.29, 0.717) is 11.5 Å². The van der Waals surface area contributed by atoms with E-state index in [2.05, 4.69) is 20.6 Å². The van der Waals surface area contributed by atoms with E-state index in [0.717, 1.165) is 9.35 Å². The van der Waals surface area contributed by atoms with E-state index < -0.39 is 0 Å². The van der Waals surface area contributed by atoms with Gasteiger partial charge >= 0.3 is 0 Å². The molecule has 0 saturated carbocycles. The van der Waals surface area contributed by atoms with Crippen molar-refractivity contribution in [2.45, 2.75) is 23.4 Å². The minimum atomic E-state index is -0.360. The second kappa shape index (κ2) is 7.02. The Morgan fingerprint density at radius 3 is 2.75 bits per heavy atom. The summed E-state index contributed by atoms with van der Waals surface area (Å²) in [6, 6.07) is 10.5. The van der Waals surface area contributed by atoms with Crippen LogP contribution in [0.5, 0.6) is 0 Å². The number of H-pyrrole nitrogens is 1. The standard InChI is InChI=1S/C15H15N5O2S2/c1-9(23-15-18-17-10(2)24-15)14(22)16-12-8-13(21)20(19-12)11-6-4-3-5-7-11/h3-9,19H,1-2H3,(H,16,22). The molecule has 0 spiro atoms. The second-order valence-electron chi connectivity index (χ2n) is 5.02. The number of aromatic nitrogens is 4. The average Bonchev–Trinajstić information content (AvgIpc) is 3.13. The van der Waals surface area contributed by atoms with Gasteiger partial charge < -0.3 is 5.32 Å². The number of thioether (sulfide) groups is 1. The number of nitrogens with zero attached hydrogens (tertiary/aromatic N) is 3. The quantitative estimate of drug-likeness (QED) is 0.681. The summed E-state index contributed by atoms with van der Waals surface area (Å²) in [7, 11) is 0. The monoisotopic (exact) mass is 361 g/mol. The van der Waals surface area contributed by atoms with Gasteiger partial charge in [0.15, 0.2) is 4.34 Å². The van der Waals surface area contributed by atoms with Crippen molar-refractivity contribution < 1.29 is 4.79 Å². The van der Waals surface area contributed by atoms with E-state index in [1.165, 1.54) is 33.8 Å². The number of para-hydroxylation sites is 1. The van der Waals surface area contributed by atoms with Gasteiger partial charge in [-0.1, -0.05) is 41.3 Å². The van der Waals surface area contributed by atoms with Crippen LogP contribution in [0.2, 0.25) is 0 Å². The average molecular weight is 361 g/mol. The van der Waals surface area contributed by atoms with Crippen molar-refractivity contribution >= 4 is 34.8 Å². The van der Waals surface area contributed by atoms with Gasteiger partial charge in [-0.05, 0) is 26.0 Å². The zero-order chi connectivity index (χ0) is 17.1. The number of nitrogens with one attached hydrogen (secondary N) is 2. The zero-order valence-electron chi connectivity index (χ0n) is 13.0. The molecule has 0 aliphatic heterocycles. The van der Waals surface area contributed by atoms with Crippen LogP contribution in [0, 0.1) is 6.92 Å². The molecule has 2 heterocycles. The van der Waals surface area contributed by atoms with Crippen LogP contribution < -0.4 is 10.9 Å². The molecule has 24 heavy (non-hydrogen) atoms. The molecule has 2 aromatic heterocycles. The molecule has 0 radical (unpaired) electrons. The van der Waals surface area contributed by atoms with Crippen molar-refractivity contribution in [2.24, 2.45) is 0 Å². The zero-order valence-corrected chi connectivity index (χ0v) is 14.6. The molecule has 9 heteroatoms. The lowest BCUT2D eigenvalue weighted by molar-refractivity contribution is -0.115. The van der Waals surface area contributed by atoms with Gasteiger partial charge in [0.05, 0.1) is 10.9 Å². The van der Waals surface area contributed by atoms with Crippen LogP contribution in [0.15, 0.2) is 45.5 Å². The normalized spacial score (nSPS) is 12.1. The highest BCUT2D eigenvalue weighted by molar-refractivity contribution is 8.02. The molecule has 1 aromatic carbocycles. The first-order valence-electron chi connectivity index (χ1n) is 7.18. The first kappa shape index (κ1) is 16.5. The summed E-state index contributed by atoms with van der Waals surface area (Å²) in [4.78, 5) is 24.3. The fourth-order valence-corrected chi connectivity index (χ4v) is 3.95. The number of rotatable bonds is 5. The van der Waals surface area contributed by atoms with E-state index in [1.807, 2.05) is 25.1 Å². The molecular formula is C15H15N5O2S2. The van der Waals surface area contributed by atoms with Crippen molar-refractivity contribution in [1.82, 2.24) is 20.0 Å². The third kappa shape index (κ3) is 3.74. The van der Waals surface area contributed by atoms with Gasteiger partial charge in [0.2, 0.25) is 5.91 Å². The fourth-order valence-electron chi connectivity index (χ4n) is 1.99. The molecular weight excluding hydrogens is 346 g/mol. The Kier molecular flexibility index (Phi) is 4.81. The van der Waals surface area contributed by atoms with E-state index in [-0.39, 0.29) is 16.7 Å². The van der Waals surface area contributed by atoms with Crippen molar-refractivity contribution in [1.29, 1.82) is 0 Å². The first-order chi connectivity index (χ1) is 11.5. The van der Waals surface area contributed by atoms with Gasteiger partial charge in [-0.3, -0.25) is 14.7 Å². The summed E-state index contributed by atoms with van der Waals surface area (Å²) in [6.45, 7) is 3.65. The van der Waals surface area contributed by atoms with Crippen LogP contribution >= 0.6 is 23.1 Å². The maximum Gasteiger partial charge on any atom is 0.273 e. The molecule has 3 aromatic rings. The lowest BCUT2D eigenvalue weighted by Gasteiger charge is -2.08. The first-order valence-corrected chi connectivity index (χ1v) is 8.87. The Morgan fingerprint density at radius 1 is 1.33 bits per heavy atom. The molecule has 0 saturated heterocycles. The number of benzene rings is 1. The number of carbonyl (C=O) groups is 1. The maximum absolute atomic E-state index is 12.3. The van der Waals surface area contributed by atoms with Crippen LogP contribution in [0.1, 0.15) is 11.9 Å². The van der Waals surface area contributed by atoms with Crippen molar-refractivity contribution in [3.63, 3.8) is 0 Å². The Balaban J connectivity index is 1.69. The van der Waals surface area contributed by atoms with E-state index >= 15 is 0 Å². The van der Waals surface area contributed by atoms with E-state index in [4.69, 9.17) is 0 Å². The van der Waals surface area contributed by atoms with Gasteiger partial charge in [-0.2, -0.15) is 0 Å². The second-order valence-corrected chi connectivity index (χ2v) is 7.78. The van der Waals surface area contributed by atoms with Gasteiger partial charge in [0.1, 0.15) is 10.8 Å². The van der Waals surface area contributed by atoms with Gasteiger partial charge in [0, 0.05) is 6.07 Å². The topological polar surface area (TPSA) is 92.7 Å². The predicted octanol–water partition coefficient (Wildman–Crippen LogP) is 2.44. The molecule has 0 aliphatic carbocycles. The summed E-state index contributed by atoms with van der Waals surface area (Å²) in [5.41, 5.74) is 0.464. The SMILES string of the molecule is Cc1nnc(SC(C)C(=O)Nc2cc(=O)n(-c3ccccc3)[nH]2)s1. The molecule has 1 amide bonds. The molecule has 0 fully saturated rings. The largest absolute Gasteiger partial charge is 0.310 e. The molecule has 124 valence electrons. The summed E-state index contributed by atoms with van der Waals surface area (Å²) in [6.07, 6.45) is 0. The number of hydrogen-bond acceptors (Lipinski definition) is 6. The molecule has 1 unspecified atom stereocenters. The highest BCUT2D eigenvalue weighted by Crippen LogP contribution is 2.26. The number of aromatic amines is 1. The van der Waals surface area contributed by atoms with Crippen LogP contribution in [0.3, 0.4) is 0 Å².